The van der Waals surface area contributed by atoms with Gasteiger partial charge in [0, 0.05) is 37.6 Å². The zero-order valence-electron chi connectivity index (χ0n) is 10.9. The number of benzene rings is 2. The molecule has 0 unspecified atom stereocenters. The molecular formula is C16H18N2. The molecule has 0 atom stereocenters. The van der Waals surface area contributed by atoms with Gasteiger partial charge >= 0.3 is 0 Å². The lowest BCUT2D eigenvalue weighted by Gasteiger charge is -2.17. The summed E-state index contributed by atoms with van der Waals surface area (Å²) < 4.78 is 0. The van der Waals surface area contributed by atoms with Crippen molar-refractivity contribution in [1.82, 2.24) is 0 Å². The van der Waals surface area contributed by atoms with E-state index < -0.39 is 0 Å². The number of hydrogen-bond donors (Lipinski definition) is 1. The topological polar surface area (TPSA) is 15.3 Å². The lowest BCUT2D eigenvalue weighted by Crippen LogP contribution is -2.09. The molecule has 0 saturated heterocycles. The molecule has 0 saturated carbocycles. The Labute approximate surface area is 108 Å². The van der Waals surface area contributed by atoms with Crippen LogP contribution in [-0.4, -0.2) is 20.6 Å². The van der Waals surface area contributed by atoms with Crippen LogP contribution in [0.15, 0.2) is 42.5 Å². The SMILES string of the molecule is CN(C)c1ccccc1-c1ccc2c(c1)CCN2. The van der Waals surface area contributed by atoms with E-state index in [1.54, 1.807) is 0 Å². The van der Waals surface area contributed by atoms with E-state index in [4.69, 9.17) is 0 Å². The second kappa shape index (κ2) is 4.37. The van der Waals surface area contributed by atoms with Crippen molar-refractivity contribution >= 4 is 11.4 Å². The first-order valence-electron chi connectivity index (χ1n) is 6.39. The van der Waals surface area contributed by atoms with Crippen LogP contribution in [0.1, 0.15) is 5.56 Å². The highest BCUT2D eigenvalue weighted by molar-refractivity contribution is 5.80. The molecule has 2 heteroatoms. The third kappa shape index (κ3) is 1.84. The molecule has 1 aliphatic heterocycles. The Bertz CT molecular complexity index is 573. The van der Waals surface area contributed by atoms with Crippen molar-refractivity contribution in [2.45, 2.75) is 6.42 Å². The van der Waals surface area contributed by atoms with Crippen LogP contribution in [0.25, 0.3) is 11.1 Å². The molecule has 2 aromatic carbocycles. The average Bonchev–Trinajstić information content (AvgIpc) is 2.85. The van der Waals surface area contributed by atoms with Crippen LogP contribution in [0, 0.1) is 0 Å². The van der Waals surface area contributed by atoms with E-state index in [9.17, 15) is 0 Å². The van der Waals surface area contributed by atoms with Gasteiger partial charge in [0.15, 0.2) is 0 Å². The fraction of sp³-hybridized carbons (Fsp3) is 0.250. The lowest BCUT2D eigenvalue weighted by molar-refractivity contribution is 1.11. The summed E-state index contributed by atoms with van der Waals surface area (Å²) in [4.78, 5) is 2.17. The number of hydrogen-bond acceptors (Lipinski definition) is 2. The van der Waals surface area contributed by atoms with Crippen molar-refractivity contribution in [2.75, 3.05) is 30.9 Å². The minimum atomic E-state index is 1.06. The Morgan fingerprint density at radius 2 is 1.89 bits per heavy atom. The minimum Gasteiger partial charge on any atom is -0.384 e. The molecule has 0 aromatic heterocycles. The van der Waals surface area contributed by atoms with Crippen LogP contribution in [0.4, 0.5) is 11.4 Å². The molecule has 0 aliphatic carbocycles. The smallest absolute Gasteiger partial charge is 0.0440 e. The van der Waals surface area contributed by atoms with E-state index >= 15 is 0 Å². The second-order valence-corrected chi connectivity index (χ2v) is 4.96. The summed E-state index contributed by atoms with van der Waals surface area (Å²) in [5, 5.41) is 3.41. The fourth-order valence-corrected chi connectivity index (χ4v) is 2.58. The van der Waals surface area contributed by atoms with Gasteiger partial charge in [0.05, 0.1) is 0 Å². The largest absolute Gasteiger partial charge is 0.384 e. The predicted molar refractivity (Wildman–Crippen MR) is 78.4 cm³/mol. The van der Waals surface area contributed by atoms with E-state index in [0.29, 0.717) is 0 Å². The van der Waals surface area contributed by atoms with E-state index in [0.717, 1.165) is 13.0 Å². The van der Waals surface area contributed by atoms with Crippen LogP contribution in [-0.2, 0) is 6.42 Å². The van der Waals surface area contributed by atoms with Gasteiger partial charge in [-0.3, -0.25) is 0 Å². The number of anilines is 2. The standard InChI is InChI=1S/C16H18N2/c1-18(2)16-6-4-3-5-14(16)12-7-8-15-13(11-12)9-10-17-15/h3-8,11,17H,9-10H2,1-2H3. The first-order valence-corrected chi connectivity index (χ1v) is 6.39. The normalized spacial score (nSPS) is 13.0. The van der Waals surface area contributed by atoms with E-state index in [-0.39, 0.29) is 0 Å². The van der Waals surface area contributed by atoms with E-state index in [2.05, 4.69) is 66.8 Å². The molecule has 18 heavy (non-hydrogen) atoms. The van der Waals surface area contributed by atoms with Gasteiger partial charge in [-0.15, -0.1) is 0 Å². The molecule has 0 spiro atoms. The van der Waals surface area contributed by atoms with Gasteiger partial charge in [0.1, 0.15) is 0 Å². The monoisotopic (exact) mass is 238 g/mol. The Morgan fingerprint density at radius 3 is 2.72 bits per heavy atom. The number of rotatable bonds is 2. The summed E-state index contributed by atoms with van der Waals surface area (Å²) >= 11 is 0. The third-order valence-corrected chi connectivity index (χ3v) is 3.51. The molecule has 0 radical (unpaired) electrons. The predicted octanol–water partition coefficient (Wildman–Crippen LogP) is 3.39. The summed E-state index contributed by atoms with van der Waals surface area (Å²) in [6, 6.07) is 15.3. The van der Waals surface area contributed by atoms with Gasteiger partial charge in [-0.2, -0.15) is 0 Å². The van der Waals surface area contributed by atoms with Gasteiger partial charge in [0.25, 0.3) is 0 Å². The fourth-order valence-electron chi connectivity index (χ4n) is 2.58. The molecule has 0 amide bonds. The number of fused-ring (bicyclic) bond motifs is 1. The summed E-state index contributed by atoms with van der Waals surface area (Å²) in [6.45, 7) is 1.06. The molecule has 1 aliphatic rings. The summed E-state index contributed by atoms with van der Waals surface area (Å²) in [5.74, 6) is 0. The minimum absolute atomic E-state index is 1.06. The van der Waals surface area contributed by atoms with Gasteiger partial charge < -0.3 is 10.2 Å². The molecule has 0 fully saturated rings. The first-order chi connectivity index (χ1) is 8.75. The van der Waals surface area contributed by atoms with Crippen molar-refractivity contribution in [3.63, 3.8) is 0 Å². The molecule has 0 bridgehead atoms. The Balaban J connectivity index is 2.10. The van der Waals surface area contributed by atoms with Crippen LogP contribution in [0.3, 0.4) is 0 Å². The number of para-hydroxylation sites is 1. The van der Waals surface area contributed by atoms with E-state index in [1.807, 2.05) is 0 Å². The summed E-state index contributed by atoms with van der Waals surface area (Å²) in [5.41, 5.74) is 6.60. The van der Waals surface area contributed by atoms with Crippen molar-refractivity contribution in [3.05, 3.63) is 48.0 Å². The first kappa shape index (κ1) is 11.1. The maximum Gasteiger partial charge on any atom is 0.0440 e. The number of nitrogens with zero attached hydrogens (tertiary/aromatic N) is 1. The van der Waals surface area contributed by atoms with Crippen molar-refractivity contribution in [2.24, 2.45) is 0 Å². The maximum absolute atomic E-state index is 3.41. The highest BCUT2D eigenvalue weighted by Gasteiger charge is 2.12. The Kier molecular flexibility index (Phi) is 2.71. The third-order valence-electron chi connectivity index (χ3n) is 3.51. The second-order valence-electron chi connectivity index (χ2n) is 4.96. The van der Waals surface area contributed by atoms with E-state index in [1.165, 1.54) is 28.1 Å². The van der Waals surface area contributed by atoms with Crippen molar-refractivity contribution < 1.29 is 0 Å². The Morgan fingerprint density at radius 1 is 1.06 bits per heavy atom. The van der Waals surface area contributed by atoms with Crippen molar-refractivity contribution in [1.29, 1.82) is 0 Å². The molecule has 1 heterocycles. The van der Waals surface area contributed by atoms with Crippen LogP contribution < -0.4 is 10.2 Å². The van der Waals surface area contributed by atoms with Crippen LogP contribution in [0.2, 0.25) is 0 Å². The average molecular weight is 238 g/mol. The molecule has 2 aromatic rings. The molecule has 2 nitrogen and oxygen atoms in total. The Hall–Kier alpha value is -1.96. The van der Waals surface area contributed by atoms with Crippen LogP contribution in [0.5, 0.6) is 0 Å². The quantitative estimate of drug-likeness (QED) is 0.862. The summed E-state index contributed by atoms with van der Waals surface area (Å²) in [6.07, 6.45) is 1.13. The van der Waals surface area contributed by atoms with Gasteiger partial charge in [-0.05, 0) is 35.7 Å². The van der Waals surface area contributed by atoms with Crippen LogP contribution >= 0.6 is 0 Å². The molecular weight excluding hydrogens is 220 g/mol. The van der Waals surface area contributed by atoms with Gasteiger partial charge in [-0.25, -0.2) is 0 Å². The molecule has 92 valence electrons. The maximum atomic E-state index is 3.41. The summed E-state index contributed by atoms with van der Waals surface area (Å²) in [7, 11) is 4.18. The molecule has 1 N–H and O–H groups in total. The highest BCUT2D eigenvalue weighted by atomic mass is 15.1. The zero-order valence-corrected chi connectivity index (χ0v) is 10.9. The highest BCUT2D eigenvalue weighted by Crippen LogP contribution is 2.33. The van der Waals surface area contributed by atoms with Gasteiger partial charge in [0.2, 0.25) is 0 Å². The lowest BCUT2D eigenvalue weighted by atomic mass is 10.00. The zero-order chi connectivity index (χ0) is 12.5. The number of nitrogens with one attached hydrogen (secondary N) is 1. The molecule has 3 rings (SSSR count). The van der Waals surface area contributed by atoms with Gasteiger partial charge in [-0.1, -0.05) is 24.3 Å². The van der Waals surface area contributed by atoms with Crippen molar-refractivity contribution in [3.8, 4) is 11.1 Å².